The molecule has 0 aliphatic heterocycles. The van der Waals surface area contributed by atoms with Crippen molar-refractivity contribution in [3.8, 4) is 23.3 Å². The van der Waals surface area contributed by atoms with Crippen LogP contribution >= 0.6 is 11.6 Å². The van der Waals surface area contributed by atoms with E-state index in [0.717, 1.165) is 5.56 Å². The summed E-state index contributed by atoms with van der Waals surface area (Å²) in [7, 11) is 1.52. The Morgan fingerprint density at radius 1 is 1.14 bits per heavy atom. The van der Waals surface area contributed by atoms with E-state index < -0.39 is 0 Å². The number of hydrogen-bond acceptors (Lipinski definition) is 4. The van der Waals surface area contributed by atoms with Crippen LogP contribution < -0.4 is 15.2 Å². The predicted molar refractivity (Wildman–Crippen MR) is 81.8 cm³/mol. The molecule has 0 spiro atoms. The fraction of sp³-hybridized carbons (Fsp3) is 0.188. The maximum Gasteiger partial charge on any atom is 0.169 e. The van der Waals surface area contributed by atoms with Crippen LogP contribution in [-0.4, -0.2) is 7.11 Å². The molecule has 2 N–H and O–H groups in total. The highest BCUT2D eigenvalue weighted by atomic mass is 35.5. The molecule has 2 aromatic carbocycles. The second-order valence-corrected chi connectivity index (χ2v) is 4.97. The SMILES string of the molecule is COc1cc(C#N)ccc1Oc1ccc(C(C)N)cc1Cl. The normalized spacial score (nSPS) is 11.6. The molecule has 0 aliphatic rings. The third-order valence-electron chi connectivity index (χ3n) is 2.99. The maximum absolute atomic E-state index is 8.89. The first-order chi connectivity index (χ1) is 10.0. The fourth-order valence-electron chi connectivity index (χ4n) is 1.82. The van der Waals surface area contributed by atoms with Crippen LogP contribution in [0.2, 0.25) is 5.02 Å². The fourth-order valence-corrected chi connectivity index (χ4v) is 2.05. The van der Waals surface area contributed by atoms with Crippen LogP contribution in [0.1, 0.15) is 24.1 Å². The zero-order chi connectivity index (χ0) is 15.4. The van der Waals surface area contributed by atoms with Crippen LogP contribution in [0.4, 0.5) is 0 Å². The van der Waals surface area contributed by atoms with E-state index in [4.69, 9.17) is 32.1 Å². The molecular formula is C16H15ClN2O2. The van der Waals surface area contributed by atoms with Crippen LogP contribution in [0.25, 0.3) is 0 Å². The lowest BCUT2D eigenvalue weighted by Gasteiger charge is -2.13. The zero-order valence-electron chi connectivity index (χ0n) is 11.8. The molecule has 1 atom stereocenters. The summed E-state index contributed by atoms with van der Waals surface area (Å²) in [5, 5.41) is 9.35. The van der Waals surface area contributed by atoms with Crippen LogP contribution in [0.5, 0.6) is 17.2 Å². The van der Waals surface area contributed by atoms with Crippen molar-refractivity contribution in [1.29, 1.82) is 5.26 Å². The molecule has 0 fully saturated rings. The predicted octanol–water partition coefficient (Wildman–Crippen LogP) is 4.03. The highest BCUT2D eigenvalue weighted by Crippen LogP contribution is 2.36. The van der Waals surface area contributed by atoms with Gasteiger partial charge in [0.2, 0.25) is 0 Å². The molecule has 1 unspecified atom stereocenters. The van der Waals surface area contributed by atoms with E-state index in [1.54, 1.807) is 30.3 Å². The van der Waals surface area contributed by atoms with Crippen molar-refractivity contribution in [3.05, 3.63) is 52.5 Å². The van der Waals surface area contributed by atoms with Gasteiger partial charge in [-0.3, -0.25) is 0 Å². The average Bonchev–Trinajstić information content (AvgIpc) is 2.49. The molecule has 2 rings (SSSR count). The summed E-state index contributed by atoms with van der Waals surface area (Å²) in [6.07, 6.45) is 0. The lowest BCUT2D eigenvalue weighted by Crippen LogP contribution is -2.04. The molecule has 5 heteroatoms. The van der Waals surface area contributed by atoms with Crippen LogP contribution in [0, 0.1) is 11.3 Å². The summed E-state index contributed by atoms with van der Waals surface area (Å²) in [5.74, 6) is 1.47. The van der Waals surface area contributed by atoms with Crippen molar-refractivity contribution in [1.82, 2.24) is 0 Å². The van der Waals surface area contributed by atoms with E-state index in [1.807, 2.05) is 19.1 Å². The van der Waals surface area contributed by atoms with Crippen molar-refractivity contribution in [2.45, 2.75) is 13.0 Å². The van der Waals surface area contributed by atoms with Crippen molar-refractivity contribution in [2.24, 2.45) is 5.73 Å². The Balaban J connectivity index is 2.32. The van der Waals surface area contributed by atoms with E-state index in [2.05, 4.69) is 0 Å². The van der Waals surface area contributed by atoms with Gasteiger partial charge in [0.25, 0.3) is 0 Å². The van der Waals surface area contributed by atoms with E-state index in [0.29, 0.717) is 27.8 Å². The summed E-state index contributed by atoms with van der Waals surface area (Å²) in [6, 6.07) is 12.3. The van der Waals surface area contributed by atoms with Gasteiger partial charge in [-0.1, -0.05) is 17.7 Å². The molecule has 0 radical (unpaired) electrons. The standard InChI is InChI=1S/C16H15ClN2O2/c1-10(19)12-4-6-14(13(17)8-12)21-15-5-3-11(9-18)7-16(15)20-2/h3-8,10H,19H2,1-2H3. The number of nitrogens with zero attached hydrogens (tertiary/aromatic N) is 1. The zero-order valence-corrected chi connectivity index (χ0v) is 12.5. The minimum atomic E-state index is -0.0963. The molecule has 0 saturated carbocycles. The van der Waals surface area contributed by atoms with Crippen LogP contribution in [0.3, 0.4) is 0 Å². The van der Waals surface area contributed by atoms with Gasteiger partial charge in [0.15, 0.2) is 11.5 Å². The molecule has 0 heterocycles. The van der Waals surface area contributed by atoms with E-state index in [9.17, 15) is 0 Å². The second kappa shape index (κ2) is 6.49. The minimum absolute atomic E-state index is 0.0963. The van der Waals surface area contributed by atoms with Gasteiger partial charge >= 0.3 is 0 Å². The molecule has 0 aromatic heterocycles. The Bertz CT molecular complexity index is 693. The highest BCUT2D eigenvalue weighted by Gasteiger charge is 2.11. The molecular weight excluding hydrogens is 288 g/mol. The van der Waals surface area contributed by atoms with Gasteiger partial charge in [-0.05, 0) is 36.8 Å². The van der Waals surface area contributed by atoms with Gasteiger partial charge in [0, 0.05) is 12.1 Å². The van der Waals surface area contributed by atoms with Gasteiger partial charge in [-0.2, -0.15) is 5.26 Å². The first kappa shape index (κ1) is 15.2. The summed E-state index contributed by atoms with van der Waals surface area (Å²) < 4.78 is 11.0. The van der Waals surface area contributed by atoms with Gasteiger partial charge in [-0.25, -0.2) is 0 Å². The van der Waals surface area contributed by atoms with Gasteiger partial charge in [-0.15, -0.1) is 0 Å². The maximum atomic E-state index is 8.89. The lowest BCUT2D eigenvalue weighted by atomic mass is 10.1. The van der Waals surface area contributed by atoms with Gasteiger partial charge < -0.3 is 15.2 Å². The molecule has 108 valence electrons. The lowest BCUT2D eigenvalue weighted by molar-refractivity contribution is 0.378. The third-order valence-corrected chi connectivity index (χ3v) is 3.29. The van der Waals surface area contributed by atoms with Crippen molar-refractivity contribution >= 4 is 11.6 Å². The smallest absolute Gasteiger partial charge is 0.169 e. The summed E-state index contributed by atoms with van der Waals surface area (Å²) in [5.41, 5.74) is 7.24. The topological polar surface area (TPSA) is 68.3 Å². The number of methoxy groups -OCH3 is 1. The van der Waals surface area contributed by atoms with Crippen molar-refractivity contribution in [3.63, 3.8) is 0 Å². The number of benzene rings is 2. The van der Waals surface area contributed by atoms with Crippen LogP contribution in [0.15, 0.2) is 36.4 Å². The van der Waals surface area contributed by atoms with E-state index in [1.165, 1.54) is 7.11 Å². The Hall–Kier alpha value is -2.22. The second-order valence-electron chi connectivity index (χ2n) is 4.56. The Morgan fingerprint density at radius 3 is 2.43 bits per heavy atom. The number of ether oxygens (including phenoxy) is 2. The molecule has 2 aromatic rings. The van der Waals surface area contributed by atoms with Crippen molar-refractivity contribution < 1.29 is 9.47 Å². The van der Waals surface area contributed by atoms with E-state index >= 15 is 0 Å². The van der Waals surface area contributed by atoms with Crippen molar-refractivity contribution in [2.75, 3.05) is 7.11 Å². The average molecular weight is 303 g/mol. The molecule has 0 bridgehead atoms. The first-order valence-electron chi connectivity index (χ1n) is 6.36. The number of halogens is 1. The number of nitrogens with two attached hydrogens (primary N) is 1. The molecule has 0 aliphatic carbocycles. The van der Waals surface area contributed by atoms with Gasteiger partial charge in [0.05, 0.1) is 23.8 Å². The molecule has 4 nitrogen and oxygen atoms in total. The Morgan fingerprint density at radius 2 is 1.86 bits per heavy atom. The monoisotopic (exact) mass is 302 g/mol. The number of rotatable bonds is 4. The molecule has 0 saturated heterocycles. The number of hydrogen-bond donors (Lipinski definition) is 1. The molecule has 21 heavy (non-hydrogen) atoms. The molecule has 0 amide bonds. The third kappa shape index (κ3) is 3.46. The summed E-state index contributed by atoms with van der Waals surface area (Å²) >= 11 is 6.20. The Labute approximate surface area is 128 Å². The van der Waals surface area contributed by atoms with Crippen LogP contribution in [-0.2, 0) is 0 Å². The number of nitriles is 1. The minimum Gasteiger partial charge on any atom is -0.493 e. The van der Waals surface area contributed by atoms with Gasteiger partial charge in [0.1, 0.15) is 5.75 Å². The largest absolute Gasteiger partial charge is 0.493 e. The quantitative estimate of drug-likeness (QED) is 0.925. The first-order valence-corrected chi connectivity index (χ1v) is 6.74. The summed E-state index contributed by atoms with van der Waals surface area (Å²) in [4.78, 5) is 0. The Kier molecular flexibility index (Phi) is 4.69. The summed E-state index contributed by atoms with van der Waals surface area (Å²) in [6.45, 7) is 1.88. The highest BCUT2D eigenvalue weighted by molar-refractivity contribution is 6.32. The van der Waals surface area contributed by atoms with E-state index in [-0.39, 0.29) is 6.04 Å².